The van der Waals surface area contributed by atoms with E-state index in [0.29, 0.717) is 0 Å². The van der Waals surface area contributed by atoms with Crippen molar-refractivity contribution in [3.8, 4) is 0 Å². The molecule has 0 unspecified atom stereocenters. The van der Waals surface area contributed by atoms with Crippen molar-refractivity contribution < 1.29 is 4.92 Å². The van der Waals surface area contributed by atoms with E-state index in [1.54, 1.807) is 12.1 Å². The molecule has 100 valence electrons. The van der Waals surface area contributed by atoms with Crippen LogP contribution in [0.5, 0.6) is 0 Å². The minimum atomic E-state index is -0.388. The second-order valence-corrected chi connectivity index (χ2v) is 4.63. The Kier molecular flexibility index (Phi) is 3.16. The first kappa shape index (κ1) is 12.3. The molecule has 5 nitrogen and oxygen atoms in total. The highest BCUT2D eigenvalue weighted by atomic mass is 16.6. The number of aryl methyl sites for hydroxylation is 2. The van der Waals surface area contributed by atoms with Crippen molar-refractivity contribution in [2.75, 3.05) is 0 Å². The molecule has 0 atom stereocenters. The van der Waals surface area contributed by atoms with Crippen LogP contribution >= 0.6 is 0 Å². The Bertz CT molecular complexity index is 750. The van der Waals surface area contributed by atoms with Crippen LogP contribution < -0.4 is 0 Å². The Balaban J connectivity index is 1.80. The first-order valence-corrected chi connectivity index (χ1v) is 6.38. The van der Waals surface area contributed by atoms with Crippen molar-refractivity contribution in [2.45, 2.75) is 13.0 Å². The van der Waals surface area contributed by atoms with Crippen LogP contribution in [-0.2, 0) is 13.0 Å². The Morgan fingerprint density at radius 2 is 1.95 bits per heavy atom. The molecule has 0 radical (unpaired) electrons. The molecule has 0 bridgehead atoms. The van der Waals surface area contributed by atoms with Crippen LogP contribution in [0, 0.1) is 10.1 Å². The number of rotatable bonds is 4. The zero-order valence-electron chi connectivity index (χ0n) is 10.8. The van der Waals surface area contributed by atoms with Crippen molar-refractivity contribution in [3.63, 3.8) is 0 Å². The quantitative estimate of drug-likeness (QED) is 0.538. The summed E-state index contributed by atoms with van der Waals surface area (Å²) in [5.41, 5.74) is 2.13. The molecule has 2 aromatic carbocycles. The molecule has 20 heavy (non-hydrogen) atoms. The lowest BCUT2D eigenvalue weighted by Crippen LogP contribution is -2.01. The number of hydrogen-bond donors (Lipinski definition) is 0. The molecule has 0 saturated carbocycles. The van der Waals surface area contributed by atoms with Crippen molar-refractivity contribution in [1.82, 2.24) is 9.78 Å². The van der Waals surface area contributed by atoms with Crippen molar-refractivity contribution in [1.29, 1.82) is 0 Å². The molecule has 0 saturated heterocycles. The molecule has 3 rings (SSSR count). The third-order valence-corrected chi connectivity index (χ3v) is 3.22. The van der Waals surface area contributed by atoms with E-state index in [1.165, 1.54) is 11.6 Å². The fourth-order valence-corrected chi connectivity index (χ4v) is 2.18. The molecule has 0 aliphatic rings. The van der Waals surface area contributed by atoms with Gasteiger partial charge in [-0.2, -0.15) is 5.10 Å². The summed E-state index contributed by atoms with van der Waals surface area (Å²) < 4.78 is 1.83. The highest BCUT2D eigenvalue weighted by Gasteiger charge is 2.08. The van der Waals surface area contributed by atoms with Gasteiger partial charge in [0, 0.05) is 30.3 Å². The van der Waals surface area contributed by atoms with Gasteiger partial charge in [0.25, 0.3) is 5.69 Å². The average molecular weight is 267 g/mol. The highest BCUT2D eigenvalue weighted by molar-refractivity contribution is 5.80. The summed E-state index contributed by atoms with van der Waals surface area (Å²) in [6, 6.07) is 14.9. The number of fused-ring (bicyclic) bond motifs is 1. The van der Waals surface area contributed by atoms with E-state index >= 15 is 0 Å². The molecule has 0 aliphatic carbocycles. The van der Waals surface area contributed by atoms with Gasteiger partial charge in [-0.3, -0.25) is 14.8 Å². The van der Waals surface area contributed by atoms with E-state index in [1.807, 2.05) is 29.1 Å². The van der Waals surface area contributed by atoms with Crippen LogP contribution in [0.2, 0.25) is 0 Å². The van der Waals surface area contributed by atoms with Gasteiger partial charge in [-0.05, 0) is 18.1 Å². The molecule has 0 spiro atoms. The zero-order valence-corrected chi connectivity index (χ0v) is 10.8. The minimum absolute atomic E-state index is 0.0973. The van der Waals surface area contributed by atoms with Crippen molar-refractivity contribution in [2.24, 2.45) is 0 Å². The zero-order chi connectivity index (χ0) is 13.9. The van der Waals surface area contributed by atoms with Crippen LogP contribution in [0.1, 0.15) is 5.56 Å². The fraction of sp³-hybridized carbons (Fsp3) is 0.133. The summed E-state index contributed by atoms with van der Waals surface area (Å²) in [5, 5.41) is 16.0. The Hall–Kier alpha value is -2.69. The van der Waals surface area contributed by atoms with Crippen LogP contribution in [-0.4, -0.2) is 14.7 Å². The Morgan fingerprint density at radius 3 is 2.70 bits per heavy atom. The van der Waals surface area contributed by atoms with Gasteiger partial charge >= 0.3 is 0 Å². The minimum Gasteiger partial charge on any atom is -0.271 e. The summed E-state index contributed by atoms with van der Waals surface area (Å²) in [6.07, 6.45) is 2.74. The highest BCUT2D eigenvalue weighted by Crippen LogP contribution is 2.19. The van der Waals surface area contributed by atoms with Crippen molar-refractivity contribution in [3.05, 3.63) is 70.4 Å². The lowest BCUT2D eigenvalue weighted by Gasteiger charge is -2.01. The number of nitrogens with zero attached hydrogens (tertiary/aromatic N) is 3. The van der Waals surface area contributed by atoms with Gasteiger partial charge in [-0.25, -0.2) is 0 Å². The maximum atomic E-state index is 10.7. The smallest absolute Gasteiger partial charge is 0.270 e. The molecule has 5 heteroatoms. The summed E-state index contributed by atoms with van der Waals surface area (Å²) in [4.78, 5) is 10.4. The molecule has 1 heterocycles. The van der Waals surface area contributed by atoms with Crippen LogP contribution in [0.15, 0.2) is 54.7 Å². The van der Waals surface area contributed by atoms with E-state index in [9.17, 15) is 10.1 Å². The third kappa shape index (κ3) is 2.51. The van der Waals surface area contributed by atoms with Gasteiger partial charge in [0.05, 0.1) is 10.4 Å². The largest absolute Gasteiger partial charge is 0.271 e. The van der Waals surface area contributed by atoms with E-state index in [4.69, 9.17) is 0 Å². The lowest BCUT2D eigenvalue weighted by atomic mass is 10.1. The molecular formula is C15H13N3O2. The molecule has 1 aromatic heterocycles. The molecule has 0 fully saturated rings. The summed E-state index contributed by atoms with van der Waals surface area (Å²) in [5.74, 6) is 0. The second kappa shape index (κ2) is 5.13. The normalized spacial score (nSPS) is 10.8. The maximum absolute atomic E-state index is 10.7. The van der Waals surface area contributed by atoms with Crippen molar-refractivity contribution >= 4 is 16.6 Å². The first-order chi connectivity index (χ1) is 9.72. The van der Waals surface area contributed by atoms with Crippen LogP contribution in [0.25, 0.3) is 10.9 Å². The van der Waals surface area contributed by atoms with Crippen LogP contribution in [0.3, 0.4) is 0 Å². The second-order valence-electron chi connectivity index (χ2n) is 4.63. The third-order valence-electron chi connectivity index (χ3n) is 3.22. The standard InChI is InChI=1S/C15H13N3O2/c19-18(20)14-6-7-15-13(10-14)11-17(16-15)9-8-12-4-2-1-3-5-12/h1-7,10-11H,8-9H2. The van der Waals surface area contributed by atoms with Gasteiger partial charge in [0.1, 0.15) is 0 Å². The maximum Gasteiger partial charge on any atom is 0.270 e. The molecule has 0 amide bonds. The number of hydrogen-bond acceptors (Lipinski definition) is 3. The molecule has 0 aliphatic heterocycles. The van der Waals surface area contributed by atoms with E-state index < -0.39 is 0 Å². The van der Waals surface area contributed by atoms with Gasteiger partial charge in [0.2, 0.25) is 0 Å². The number of aromatic nitrogens is 2. The monoisotopic (exact) mass is 267 g/mol. The topological polar surface area (TPSA) is 61.0 Å². The molecule has 0 N–H and O–H groups in total. The fourth-order valence-electron chi connectivity index (χ4n) is 2.18. The first-order valence-electron chi connectivity index (χ1n) is 6.38. The predicted octanol–water partition coefficient (Wildman–Crippen LogP) is 3.19. The van der Waals surface area contributed by atoms with Gasteiger partial charge in [-0.15, -0.1) is 0 Å². The lowest BCUT2D eigenvalue weighted by molar-refractivity contribution is -0.384. The van der Waals surface area contributed by atoms with Crippen LogP contribution in [0.4, 0.5) is 5.69 Å². The number of nitro groups is 1. The number of non-ortho nitro benzene ring substituents is 1. The summed E-state index contributed by atoms with van der Waals surface area (Å²) in [6.45, 7) is 0.756. The van der Waals surface area contributed by atoms with E-state index in [0.717, 1.165) is 23.9 Å². The Morgan fingerprint density at radius 1 is 1.15 bits per heavy atom. The number of benzene rings is 2. The van der Waals surface area contributed by atoms with E-state index in [2.05, 4.69) is 17.2 Å². The van der Waals surface area contributed by atoms with Gasteiger partial charge in [0.15, 0.2) is 0 Å². The Labute approximate surface area is 115 Å². The molecular weight excluding hydrogens is 254 g/mol. The SMILES string of the molecule is O=[N+]([O-])c1ccc2nn(CCc3ccccc3)cc2c1. The summed E-state index contributed by atoms with van der Waals surface area (Å²) in [7, 11) is 0. The summed E-state index contributed by atoms with van der Waals surface area (Å²) >= 11 is 0. The predicted molar refractivity (Wildman–Crippen MR) is 76.5 cm³/mol. The van der Waals surface area contributed by atoms with Gasteiger partial charge < -0.3 is 0 Å². The van der Waals surface area contributed by atoms with Gasteiger partial charge in [-0.1, -0.05) is 30.3 Å². The average Bonchev–Trinajstić information content (AvgIpc) is 2.88. The van der Waals surface area contributed by atoms with E-state index in [-0.39, 0.29) is 10.6 Å². The molecule has 3 aromatic rings. The number of nitro benzene ring substituents is 1.